The predicted molar refractivity (Wildman–Crippen MR) is 60.0 cm³/mol. The minimum atomic E-state index is -0.506. The molecule has 0 amide bonds. The van der Waals surface area contributed by atoms with E-state index in [0.717, 1.165) is 25.1 Å². The van der Waals surface area contributed by atoms with Gasteiger partial charge in [0.15, 0.2) is 0 Å². The first-order valence-electron chi connectivity index (χ1n) is 5.81. The molecule has 0 spiro atoms. The van der Waals surface area contributed by atoms with Crippen molar-refractivity contribution in [2.24, 2.45) is 5.92 Å². The zero-order valence-electron chi connectivity index (χ0n) is 9.55. The molecule has 0 atom stereocenters. The lowest BCUT2D eigenvalue weighted by atomic mass is 9.99. The molecule has 0 bridgehead atoms. The van der Waals surface area contributed by atoms with Crippen molar-refractivity contribution in [1.29, 1.82) is 0 Å². The van der Waals surface area contributed by atoms with Crippen LogP contribution in [0.5, 0.6) is 0 Å². The Morgan fingerprint density at radius 1 is 1.25 bits per heavy atom. The highest BCUT2D eigenvalue weighted by Crippen LogP contribution is 2.19. The van der Waals surface area contributed by atoms with Crippen LogP contribution in [-0.4, -0.2) is 18.0 Å². The van der Waals surface area contributed by atoms with E-state index >= 15 is 0 Å². The summed E-state index contributed by atoms with van der Waals surface area (Å²) in [5.74, 6) is -0.165. The van der Waals surface area contributed by atoms with E-state index in [2.05, 4.69) is 11.8 Å². The molecule has 0 radical (unpaired) electrons. The van der Waals surface area contributed by atoms with Gasteiger partial charge in [-0.25, -0.2) is 8.78 Å². The summed E-state index contributed by atoms with van der Waals surface area (Å²) >= 11 is 0. The zero-order valence-corrected chi connectivity index (χ0v) is 9.55. The molecule has 1 aliphatic heterocycles. The Bertz CT molecular complexity index is 357. The molecule has 1 heterocycles. The SMILES string of the molecule is CC1CCN(Cc2ccc(F)cc2F)CC1. The van der Waals surface area contributed by atoms with Gasteiger partial charge < -0.3 is 0 Å². The fourth-order valence-electron chi connectivity index (χ4n) is 2.11. The largest absolute Gasteiger partial charge is 0.299 e. The summed E-state index contributed by atoms with van der Waals surface area (Å²) in [5, 5.41) is 0. The highest BCUT2D eigenvalue weighted by Gasteiger charge is 2.16. The highest BCUT2D eigenvalue weighted by atomic mass is 19.1. The van der Waals surface area contributed by atoms with Gasteiger partial charge in [0.2, 0.25) is 0 Å². The Balaban J connectivity index is 1.98. The van der Waals surface area contributed by atoms with Crippen LogP contribution < -0.4 is 0 Å². The van der Waals surface area contributed by atoms with Crippen molar-refractivity contribution < 1.29 is 8.78 Å². The Hall–Kier alpha value is -0.960. The fraction of sp³-hybridized carbons (Fsp3) is 0.538. The van der Waals surface area contributed by atoms with Crippen molar-refractivity contribution in [1.82, 2.24) is 4.90 Å². The summed E-state index contributed by atoms with van der Waals surface area (Å²) in [5.41, 5.74) is 0.593. The molecule has 2 rings (SSSR count). The summed E-state index contributed by atoms with van der Waals surface area (Å²) in [4.78, 5) is 2.23. The minimum Gasteiger partial charge on any atom is -0.299 e. The summed E-state index contributed by atoms with van der Waals surface area (Å²) < 4.78 is 26.1. The Morgan fingerprint density at radius 3 is 2.56 bits per heavy atom. The molecule has 3 heteroatoms. The van der Waals surface area contributed by atoms with Crippen molar-refractivity contribution in [2.45, 2.75) is 26.3 Å². The van der Waals surface area contributed by atoms with Crippen molar-refractivity contribution in [3.05, 3.63) is 35.4 Å². The van der Waals surface area contributed by atoms with E-state index in [-0.39, 0.29) is 0 Å². The number of nitrogens with zero attached hydrogens (tertiary/aromatic N) is 1. The molecule has 88 valence electrons. The average Bonchev–Trinajstić information content (AvgIpc) is 2.25. The second kappa shape index (κ2) is 4.91. The zero-order chi connectivity index (χ0) is 11.5. The van der Waals surface area contributed by atoms with E-state index in [1.54, 1.807) is 6.07 Å². The number of benzene rings is 1. The van der Waals surface area contributed by atoms with Crippen molar-refractivity contribution in [3.8, 4) is 0 Å². The highest BCUT2D eigenvalue weighted by molar-refractivity contribution is 5.18. The van der Waals surface area contributed by atoms with Gasteiger partial charge in [-0.15, -0.1) is 0 Å². The second-order valence-electron chi connectivity index (χ2n) is 4.69. The summed E-state index contributed by atoms with van der Waals surface area (Å²) in [6, 6.07) is 3.83. The molecular weight excluding hydrogens is 208 g/mol. The van der Waals surface area contributed by atoms with Crippen LogP contribution in [0, 0.1) is 17.6 Å². The van der Waals surface area contributed by atoms with Gasteiger partial charge in [-0.3, -0.25) is 4.90 Å². The van der Waals surface area contributed by atoms with Gasteiger partial charge in [0.25, 0.3) is 0 Å². The van der Waals surface area contributed by atoms with E-state index < -0.39 is 11.6 Å². The van der Waals surface area contributed by atoms with Crippen molar-refractivity contribution in [2.75, 3.05) is 13.1 Å². The van der Waals surface area contributed by atoms with Crippen LogP contribution >= 0.6 is 0 Å². The normalized spacial score (nSPS) is 18.9. The number of halogens is 2. The smallest absolute Gasteiger partial charge is 0.130 e. The van der Waals surface area contributed by atoms with Gasteiger partial charge in [0.1, 0.15) is 11.6 Å². The number of rotatable bonds is 2. The Morgan fingerprint density at radius 2 is 1.94 bits per heavy atom. The van der Waals surface area contributed by atoms with Crippen LogP contribution in [0.2, 0.25) is 0 Å². The number of hydrogen-bond donors (Lipinski definition) is 0. The van der Waals surface area contributed by atoms with Crippen LogP contribution in [-0.2, 0) is 6.54 Å². The molecular formula is C13H17F2N. The third kappa shape index (κ3) is 2.79. The van der Waals surface area contributed by atoms with Gasteiger partial charge in [-0.05, 0) is 37.9 Å². The first-order chi connectivity index (χ1) is 7.65. The van der Waals surface area contributed by atoms with Crippen LogP contribution in [0.15, 0.2) is 18.2 Å². The molecule has 1 aromatic rings. The fourth-order valence-corrected chi connectivity index (χ4v) is 2.11. The molecule has 0 aliphatic carbocycles. The molecule has 0 saturated carbocycles. The first-order valence-corrected chi connectivity index (χ1v) is 5.81. The third-order valence-electron chi connectivity index (χ3n) is 3.29. The van der Waals surface area contributed by atoms with Gasteiger partial charge in [0.05, 0.1) is 0 Å². The molecule has 1 fully saturated rings. The molecule has 1 aliphatic rings. The van der Waals surface area contributed by atoms with E-state index in [4.69, 9.17) is 0 Å². The van der Waals surface area contributed by atoms with E-state index in [9.17, 15) is 8.78 Å². The maximum atomic E-state index is 13.4. The summed E-state index contributed by atoms with van der Waals surface area (Å²) in [6.45, 7) is 4.87. The number of piperidine rings is 1. The third-order valence-corrected chi connectivity index (χ3v) is 3.29. The molecule has 0 unspecified atom stereocenters. The quantitative estimate of drug-likeness (QED) is 0.747. The van der Waals surface area contributed by atoms with Gasteiger partial charge in [-0.2, -0.15) is 0 Å². The van der Waals surface area contributed by atoms with Crippen LogP contribution in [0.25, 0.3) is 0 Å². The molecule has 1 aromatic carbocycles. The lowest BCUT2D eigenvalue weighted by Gasteiger charge is -2.30. The van der Waals surface area contributed by atoms with E-state index in [0.29, 0.717) is 12.1 Å². The average molecular weight is 225 g/mol. The summed E-state index contributed by atoms with van der Waals surface area (Å²) in [7, 11) is 0. The monoisotopic (exact) mass is 225 g/mol. The standard InChI is InChI=1S/C13H17F2N/c1-10-4-6-16(7-5-10)9-11-2-3-12(14)8-13(11)15/h2-3,8,10H,4-7,9H2,1H3. The molecule has 16 heavy (non-hydrogen) atoms. The van der Waals surface area contributed by atoms with Crippen LogP contribution in [0.3, 0.4) is 0 Å². The Kier molecular flexibility index (Phi) is 3.54. The first kappa shape index (κ1) is 11.5. The molecule has 1 saturated heterocycles. The Labute approximate surface area is 95.1 Å². The van der Waals surface area contributed by atoms with Gasteiger partial charge in [0, 0.05) is 18.2 Å². The molecule has 1 nitrogen and oxygen atoms in total. The minimum absolute atomic E-state index is 0.432. The molecule has 0 aromatic heterocycles. The van der Waals surface area contributed by atoms with Crippen LogP contribution in [0.4, 0.5) is 8.78 Å². The van der Waals surface area contributed by atoms with E-state index in [1.165, 1.54) is 18.9 Å². The van der Waals surface area contributed by atoms with Crippen molar-refractivity contribution >= 4 is 0 Å². The summed E-state index contributed by atoms with van der Waals surface area (Å²) in [6.07, 6.45) is 2.34. The van der Waals surface area contributed by atoms with Crippen LogP contribution in [0.1, 0.15) is 25.3 Å². The topological polar surface area (TPSA) is 3.24 Å². The maximum Gasteiger partial charge on any atom is 0.130 e. The predicted octanol–water partition coefficient (Wildman–Crippen LogP) is 3.20. The van der Waals surface area contributed by atoms with Gasteiger partial charge >= 0.3 is 0 Å². The van der Waals surface area contributed by atoms with Gasteiger partial charge in [-0.1, -0.05) is 13.0 Å². The number of likely N-dealkylation sites (tertiary alicyclic amines) is 1. The van der Waals surface area contributed by atoms with E-state index in [1.807, 2.05) is 0 Å². The lowest BCUT2D eigenvalue weighted by molar-refractivity contribution is 0.183. The lowest BCUT2D eigenvalue weighted by Crippen LogP contribution is -2.32. The van der Waals surface area contributed by atoms with Crippen molar-refractivity contribution in [3.63, 3.8) is 0 Å². The second-order valence-corrected chi connectivity index (χ2v) is 4.69. The number of hydrogen-bond acceptors (Lipinski definition) is 1. The molecule has 0 N–H and O–H groups in total. The maximum absolute atomic E-state index is 13.4.